The predicted molar refractivity (Wildman–Crippen MR) is 98.0 cm³/mol. The van der Waals surface area contributed by atoms with Crippen molar-refractivity contribution < 1.29 is 9.90 Å². The summed E-state index contributed by atoms with van der Waals surface area (Å²) in [5.41, 5.74) is 3.20. The predicted octanol–water partition coefficient (Wildman–Crippen LogP) is 3.69. The van der Waals surface area contributed by atoms with E-state index in [1.807, 2.05) is 56.3 Å². The van der Waals surface area contributed by atoms with Gasteiger partial charge >= 0.3 is 0 Å². The van der Waals surface area contributed by atoms with Gasteiger partial charge in [0.15, 0.2) is 0 Å². The molecule has 0 fully saturated rings. The quantitative estimate of drug-likeness (QED) is 0.747. The molecule has 0 atom stereocenters. The number of carbonyl (C=O) groups excluding carboxylic acids is 1. The molecular formula is C20H21N3O2. The summed E-state index contributed by atoms with van der Waals surface area (Å²) in [6.07, 6.45) is 2.51. The standard InChI is InChI=1S/C20H21N3O2/c1-3-11-21-20(25)19-22-13-17(15-7-5-4-6-8-15)23(19)16-12-14(2)9-10-18(16)24/h4-10,12-13,24H,3,11H2,1-2H3,(H,21,25). The highest BCUT2D eigenvalue weighted by atomic mass is 16.3. The average Bonchev–Trinajstić information content (AvgIpc) is 3.07. The van der Waals surface area contributed by atoms with Crippen molar-refractivity contribution in [2.75, 3.05) is 6.54 Å². The molecule has 0 saturated heterocycles. The van der Waals surface area contributed by atoms with E-state index in [0.29, 0.717) is 12.2 Å². The van der Waals surface area contributed by atoms with Gasteiger partial charge in [-0.15, -0.1) is 0 Å². The van der Waals surface area contributed by atoms with Gasteiger partial charge in [-0.3, -0.25) is 9.36 Å². The van der Waals surface area contributed by atoms with Crippen LogP contribution in [0, 0.1) is 6.92 Å². The van der Waals surface area contributed by atoms with E-state index in [2.05, 4.69) is 10.3 Å². The van der Waals surface area contributed by atoms with Crippen LogP contribution in [0.5, 0.6) is 5.75 Å². The van der Waals surface area contributed by atoms with Crippen molar-refractivity contribution in [2.24, 2.45) is 0 Å². The molecule has 5 heteroatoms. The third-order valence-corrected chi connectivity index (χ3v) is 3.94. The number of carbonyl (C=O) groups is 1. The molecule has 0 aliphatic carbocycles. The van der Waals surface area contributed by atoms with E-state index in [1.54, 1.807) is 16.8 Å². The van der Waals surface area contributed by atoms with Gasteiger partial charge in [0.2, 0.25) is 5.82 Å². The first-order valence-corrected chi connectivity index (χ1v) is 8.33. The Morgan fingerprint density at radius 1 is 1.20 bits per heavy atom. The Labute approximate surface area is 147 Å². The summed E-state index contributed by atoms with van der Waals surface area (Å²) in [7, 11) is 0. The van der Waals surface area contributed by atoms with Gasteiger partial charge in [0.05, 0.1) is 17.6 Å². The number of imidazole rings is 1. The molecular weight excluding hydrogens is 314 g/mol. The van der Waals surface area contributed by atoms with Crippen LogP contribution in [-0.4, -0.2) is 27.1 Å². The second-order valence-electron chi connectivity index (χ2n) is 5.92. The number of rotatable bonds is 5. The van der Waals surface area contributed by atoms with Gasteiger partial charge in [0.25, 0.3) is 5.91 Å². The molecule has 3 aromatic rings. The zero-order valence-corrected chi connectivity index (χ0v) is 14.4. The van der Waals surface area contributed by atoms with Crippen molar-refractivity contribution in [3.05, 3.63) is 66.1 Å². The molecule has 0 unspecified atom stereocenters. The van der Waals surface area contributed by atoms with Crippen LogP contribution < -0.4 is 5.32 Å². The number of nitrogens with one attached hydrogen (secondary N) is 1. The van der Waals surface area contributed by atoms with Gasteiger partial charge in [-0.05, 0) is 31.0 Å². The lowest BCUT2D eigenvalue weighted by Gasteiger charge is -2.14. The summed E-state index contributed by atoms with van der Waals surface area (Å²) in [6.45, 7) is 4.51. The monoisotopic (exact) mass is 335 g/mol. The highest BCUT2D eigenvalue weighted by Gasteiger charge is 2.21. The average molecular weight is 335 g/mol. The number of phenolic OH excluding ortho intramolecular Hbond substituents is 1. The van der Waals surface area contributed by atoms with E-state index in [4.69, 9.17) is 0 Å². The van der Waals surface area contributed by atoms with Gasteiger partial charge in [-0.2, -0.15) is 0 Å². The summed E-state index contributed by atoms with van der Waals surface area (Å²) >= 11 is 0. The van der Waals surface area contributed by atoms with Crippen molar-refractivity contribution in [3.8, 4) is 22.7 Å². The Balaban J connectivity index is 2.20. The fourth-order valence-electron chi connectivity index (χ4n) is 2.70. The van der Waals surface area contributed by atoms with E-state index in [9.17, 15) is 9.90 Å². The number of aromatic nitrogens is 2. The second-order valence-corrected chi connectivity index (χ2v) is 5.92. The first-order valence-electron chi connectivity index (χ1n) is 8.33. The highest BCUT2D eigenvalue weighted by molar-refractivity contribution is 5.92. The molecule has 1 aromatic heterocycles. The molecule has 2 N–H and O–H groups in total. The van der Waals surface area contributed by atoms with Crippen LogP contribution in [0.4, 0.5) is 0 Å². The van der Waals surface area contributed by atoms with E-state index < -0.39 is 0 Å². The number of amides is 1. The highest BCUT2D eigenvalue weighted by Crippen LogP contribution is 2.30. The minimum atomic E-state index is -0.259. The van der Waals surface area contributed by atoms with Crippen LogP contribution in [0.2, 0.25) is 0 Å². The number of hydrogen-bond acceptors (Lipinski definition) is 3. The van der Waals surface area contributed by atoms with E-state index in [-0.39, 0.29) is 17.5 Å². The van der Waals surface area contributed by atoms with Crippen molar-refractivity contribution in [1.82, 2.24) is 14.9 Å². The number of aromatic hydroxyl groups is 1. The number of nitrogens with zero attached hydrogens (tertiary/aromatic N) is 2. The third-order valence-electron chi connectivity index (χ3n) is 3.94. The first-order chi connectivity index (χ1) is 12.1. The fourth-order valence-corrected chi connectivity index (χ4v) is 2.70. The van der Waals surface area contributed by atoms with E-state index in [0.717, 1.165) is 23.2 Å². The van der Waals surface area contributed by atoms with Gasteiger partial charge in [0.1, 0.15) is 5.75 Å². The summed E-state index contributed by atoms with van der Waals surface area (Å²) in [5, 5.41) is 13.2. The van der Waals surface area contributed by atoms with Crippen LogP contribution >= 0.6 is 0 Å². The van der Waals surface area contributed by atoms with Gasteiger partial charge in [-0.1, -0.05) is 43.3 Å². The van der Waals surface area contributed by atoms with Crippen LogP contribution in [0.25, 0.3) is 16.9 Å². The Morgan fingerprint density at radius 3 is 2.68 bits per heavy atom. The molecule has 1 amide bonds. The minimum Gasteiger partial charge on any atom is -0.506 e. The Morgan fingerprint density at radius 2 is 1.96 bits per heavy atom. The molecule has 5 nitrogen and oxygen atoms in total. The fraction of sp³-hybridized carbons (Fsp3) is 0.200. The molecule has 3 rings (SSSR count). The van der Waals surface area contributed by atoms with Crippen LogP contribution in [0.1, 0.15) is 29.5 Å². The molecule has 2 aromatic carbocycles. The largest absolute Gasteiger partial charge is 0.506 e. The summed E-state index contributed by atoms with van der Waals surface area (Å²) in [6, 6.07) is 15.0. The molecule has 1 heterocycles. The molecule has 0 aliphatic rings. The lowest BCUT2D eigenvalue weighted by molar-refractivity contribution is 0.0942. The number of benzene rings is 2. The topological polar surface area (TPSA) is 67.2 Å². The molecule has 128 valence electrons. The normalized spacial score (nSPS) is 10.6. The molecule has 0 spiro atoms. The lowest BCUT2D eigenvalue weighted by Crippen LogP contribution is -2.27. The van der Waals surface area contributed by atoms with Crippen LogP contribution in [0.15, 0.2) is 54.7 Å². The van der Waals surface area contributed by atoms with Crippen LogP contribution in [-0.2, 0) is 0 Å². The molecule has 0 radical (unpaired) electrons. The Bertz CT molecular complexity index is 885. The summed E-state index contributed by atoms with van der Waals surface area (Å²) < 4.78 is 1.71. The maximum absolute atomic E-state index is 12.6. The maximum atomic E-state index is 12.6. The van der Waals surface area contributed by atoms with Gasteiger partial charge in [0, 0.05) is 12.1 Å². The number of hydrogen-bond donors (Lipinski definition) is 2. The molecule has 0 saturated carbocycles. The molecule has 0 bridgehead atoms. The smallest absolute Gasteiger partial charge is 0.287 e. The summed E-state index contributed by atoms with van der Waals surface area (Å²) in [4.78, 5) is 16.9. The first kappa shape index (κ1) is 16.8. The van der Waals surface area contributed by atoms with Gasteiger partial charge in [-0.25, -0.2) is 4.98 Å². The SMILES string of the molecule is CCCNC(=O)c1ncc(-c2ccccc2)n1-c1cc(C)ccc1O. The zero-order valence-electron chi connectivity index (χ0n) is 14.4. The number of phenols is 1. The molecule has 25 heavy (non-hydrogen) atoms. The Kier molecular flexibility index (Phi) is 4.84. The van der Waals surface area contributed by atoms with Gasteiger partial charge < -0.3 is 10.4 Å². The van der Waals surface area contributed by atoms with E-state index in [1.165, 1.54) is 0 Å². The number of aryl methyl sites for hydroxylation is 1. The van der Waals surface area contributed by atoms with E-state index >= 15 is 0 Å². The zero-order chi connectivity index (χ0) is 17.8. The molecule has 0 aliphatic heterocycles. The van der Waals surface area contributed by atoms with Crippen molar-refractivity contribution in [1.29, 1.82) is 0 Å². The maximum Gasteiger partial charge on any atom is 0.287 e. The third kappa shape index (κ3) is 3.40. The Hall–Kier alpha value is -3.08. The van der Waals surface area contributed by atoms with Crippen LogP contribution in [0.3, 0.4) is 0 Å². The summed E-state index contributed by atoms with van der Waals surface area (Å²) in [5.74, 6) is 0.100. The minimum absolute atomic E-state index is 0.102. The second kappa shape index (κ2) is 7.21. The lowest BCUT2D eigenvalue weighted by atomic mass is 10.1. The van der Waals surface area contributed by atoms with Crippen molar-refractivity contribution in [2.45, 2.75) is 20.3 Å². The van der Waals surface area contributed by atoms with Crippen molar-refractivity contribution in [3.63, 3.8) is 0 Å². The van der Waals surface area contributed by atoms with Crippen molar-refractivity contribution >= 4 is 5.91 Å².